The molecule has 0 saturated heterocycles. The number of aromatic nitrogens is 2. The Hall–Kier alpha value is -5.09. The van der Waals surface area contributed by atoms with Crippen molar-refractivity contribution < 1.29 is 24.6 Å². The van der Waals surface area contributed by atoms with Crippen LogP contribution in [0.4, 0.5) is 0 Å². The van der Waals surface area contributed by atoms with E-state index in [1.54, 1.807) is 25.4 Å². The maximum absolute atomic E-state index is 14.6. The van der Waals surface area contributed by atoms with Gasteiger partial charge in [-0.05, 0) is 91.2 Å². The van der Waals surface area contributed by atoms with E-state index in [0.717, 1.165) is 48.6 Å². The molecular weight excluding hydrogens is 741 g/mol. The van der Waals surface area contributed by atoms with Crippen molar-refractivity contribution in [1.29, 1.82) is 0 Å². The average Bonchev–Trinajstić information content (AvgIpc) is 3.64. The number of amides is 3. The fourth-order valence-corrected chi connectivity index (χ4v) is 8.26. The highest BCUT2D eigenvalue weighted by atomic mass is 32.2. The van der Waals surface area contributed by atoms with Crippen LogP contribution in [0.5, 0.6) is 0 Å². The van der Waals surface area contributed by atoms with Crippen LogP contribution < -0.4 is 27.4 Å². The number of hydrogen-bond acceptors (Lipinski definition) is 10. The van der Waals surface area contributed by atoms with Crippen LogP contribution in [0, 0.1) is 0 Å². The number of likely N-dealkylation sites (N-methyl/N-ethyl adjacent to an activating group) is 1. The van der Waals surface area contributed by atoms with Gasteiger partial charge in [-0.15, -0.1) is 0 Å². The van der Waals surface area contributed by atoms with Crippen LogP contribution in [0.1, 0.15) is 60.6 Å². The normalized spacial score (nSPS) is 18.5. The number of aromatic amines is 1. The largest absolute Gasteiger partial charge is 0.364 e. The van der Waals surface area contributed by atoms with E-state index in [9.17, 15) is 24.6 Å². The third-order valence-electron chi connectivity index (χ3n) is 10.5. The number of nitrogens with two attached hydrogens (primary N) is 2. The van der Waals surface area contributed by atoms with Gasteiger partial charge in [-0.3, -0.25) is 14.4 Å². The van der Waals surface area contributed by atoms with Gasteiger partial charge >= 0.3 is 0 Å². The van der Waals surface area contributed by atoms with E-state index in [-0.39, 0.29) is 30.7 Å². The Morgan fingerprint density at radius 1 is 0.860 bits per heavy atom. The maximum Gasteiger partial charge on any atom is 0.245 e. The first kappa shape index (κ1) is 41.5. The second-order valence-electron chi connectivity index (χ2n) is 14.3. The molecule has 3 atom stereocenters. The van der Waals surface area contributed by atoms with Crippen molar-refractivity contribution in [3.8, 4) is 11.1 Å². The number of unbranched alkanes of at least 4 members (excludes halogenated alkanes) is 1. The number of hydrogen-bond donors (Lipinski definition) is 8. The van der Waals surface area contributed by atoms with E-state index in [1.807, 2.05) is 72.9 Å². The number of H-pyrrole nitrogens is 1. The van der Waals surface area contributed by atoms with Crippen LogP contribution in [0.25, 0.3) is 22.0 Å². The Balaban J connectivity index is 1.45. The van der Waals surface area contributed by atoms with Crippen molar-refractivity contribution in [2.24, 2.45) is 11.5 Å². The number of aliphatic hydroxyl groups is 2. The molecule has 0 bridgehead atoms. The number of rotatable bonds is 11. The highest BCUT2D eigenvalue weighted by molar-refractivity contribution is 7.99. The Morgan fingerprint density at radius 3 is 2.40 bits per heavy atom. The van der Waals surface area contributed by atoms with E-state index in [2.05, 4.69) is 20.9 Å². The molecule has 3 aromatic carbocycles. The summed E-state index contributed by atoms with van der Waals surface area (Å²) >= 11 is 1.46. The number of fused-ring (bicyclic) bond motifs is 3. The summed E-state index contributed by atoms with van der Waals surface area (Å²) in [7, 11) is 1.62. The third-order valence-corrected chi connectivity index (χ3v) is 11.6. The van der Waals surface area contributed by atoms with Gasteiger partial charge in [-0.2, -0.15) is 0 Å². The van der Waals surface area contributed by atoms with Gasteiger partial charge in [-0.25, -0.2) is 4.98 Å². The minimum absolute atomic E-state index is 0.117. The van der Waals surface area contributed by atoms with Crippen LogP contribution in [0.15, 0.2) is 101 Å². The molecule has 5 aromatic rings. The molecule has 2 aromatic heterocycles. The lowest BCUT2D eigenvalue weighted by atomic mass is 9.98. The average molecular weight is 793 g/mol. The molecule has 3 heterocycles. The van der Waals surface area contributed by atoms with E-state index in [0.29, 0.717) is 57.3 Å². The summed E-state index contributed by atoms with van der Waals surface area (Å²) in [6.45, 7) is 1.29. The monoisotopic (exact) mass is 792 g/mol. The molecule has 0 saturated carbocycles. The summed E-state index contributed by atoms with van der Waals surface area (Å²) in [5, 5.41) is 30.8. The molecule has 1 aliphatic rings. The number of pyridine rings is 1. The standard InChI is InChI=1S/C43H52N8O5S/c1-51-37(23-30-25-47-34-12-3-2-10-32(30)34)40(53)49-26-33-31(27-16-18-28(19-17-27)43(55)56)11-6-15-38(33)57-41-29(9-8-22-46-41)24-48-35(14-7-21-45)39(52)50-36(42(51)54)13-4-5-20-44/h2-3,6,8-12,15-19,22,25,35-37,43,47-48,55-56H,4-5,7,13-14,20-21,23-24,26,44-45H2,1H3,(H,49,53)(H,50,52)/t35-,36-,37-/m0/s1. The van der Waals surface area contributed by atoms with Gasteiger partial charge in [-0.1, -0.05) is 72.4 Å². The lowest BCUT2D eigenvalue weighted by molar-refractivity contribution is -0.142. The van der Waals surface area contributed by atoms with E-state index >= 15 is 0 Å². The van der Waals surface area contributed by atoms with Crippen LogP contribution in [-0.4, -0.2) is 81.1 Å². The minimum Gasteiger partial charge on any atom is -0.364 e. The number of carbonyl (C=O) groups is 3. The summed E-state index contributed by atoms with van der Waals surface area (Å²) in [6.07, 6.45) is 4.87. The molecule has 300 valence electrons. The van der Waals surface area contributed by atoms with E-state index in [1.165, 1.54) is 16.7 Å². The number of benzene rings is 3. The molecular formula is C43H52N8O5S. The van der Waals surface area contributed by atoms with Crippen molar-refractivity contribution in [3.05, 3.63) is 114 Å². The predicted octanol–water partition coefficient (Wildman–Crippen LogP) is 3.87. The first-order valence-corrected chi connectivity index (χ1v) is 20.2. The summed E-state index contributed by atoms with van der Waals surface area (Å²) in [6, 6.07) is 22.0. The van der Waals surface area contributed by atoms with Crippen molar-refractivity contribution in [2.45, 2.75) is 86.0 Å². The third kappa shape index (κ3) is 10.3. The quantitative estimate of drug-likeness (QED) is 0.0715. The Morgan fingerprint density at radius 2 is 1.63 bits per heavy atom. The van der Waals surface area contributed by atoms with Gasteiger partial charge in [0.05, 0.1) is 6.04 Å². The summed E-state index contributed by atoms with van der Waals surface area (Å²) in [5.41, 5.74) is 17.2. The van der Waals surface area contributed by atoms with Gasteiger partial charge in [0.15, 0.2) is 6.29 Å². The smallest absolute Gasteiger partial charge is 0.245 e. The Kier molecular flexibility index (Phi) is 14.5. The Labute approximate surface area is 337 Å². The molecule has 0 aliphatic carbocycles. The molecule has 1 aliphatic heterocycles. The molecule has 0 fully saturated rings. The zero-order valence-corrected chi connectivity index (χ0v) is 32.9. The highest BCUT2D eigenvalue weighted by Gasteiger charge is 2.34. The Bertz CT molecular complexity index is 2140. The molecule has 0 unspecified atom stereocenters. The zero-order chi connectivity index (χ0) is 40.3. The van der Waals surface area contributed by atoms with Gasteiger partial charge in [0, 0.05) is 60.3 Å². The fourth-order valence-electron chi connectivity index (χ4n) is 7.21. The molecule has 0 radical (unpaired) electrons. The summed E-state index contributed by atoms with van der Waals surface area (Å²) in [4.78, 5) is 53.6. The second kappa shape index (κ2) is 19.9. The van der Waals surface area contributed by atoms with Gasteiger partial charge in [0.1, 0.15) is 17.1 Å². The molecule has 3 amide bonds. The number of nitrogens with zero attached hydrogens (tertiary/aromatic N) is 2. The van der Waals surface area contributed by atoms with Crippen LogP contribution in [0.2, 0.25) is 0 Å². The molecule has 57 heavy (non-hydrogen) atoms. The topological polar surface area (TPSA) is 212 Å². The first-order chi connectivity index (χ1) is 27.7. The zero-order valence-electron chi connectivity index (χ0n) is 32.1. The van der Waals surface area contributed by atoms with Gasteiger partial charge in [0.2, 0.25) is 17.7 Å². The molecule has 10 N–H and O–H groups in total. The first-order valence-electron chi connectivity index (χ1n) is 19.4. The van der Waals surface area contributed by atoms with Gasteiger partial charge in [0.25, 0.3) is 0 Å². The van der Waals surface area contributed by atoms with Crippen molar-refractivity contribution >= 4 is 40.4 Å². The number of aliphatic hydroxyl groups excluding tert-OH is 1. The van der Waals surface area contributed by atoms with Crippen molar-refractivity contribution in [2.75, 3.05) is 20.1 Å². The second-order valence-corrected chi connectivity index (χ2v) is 15.3. The molecule has 0 spiro atoms. The SMILES string of the molecule is CN1C(=O)[C@H](CCCCN)NC(=O)[C@H](CCCN)NCc2cccnc2Sc2cccc(-c3ccc(C(O)O)cc3)c2CNC(=O)[C@@H]1Cc1c[nH]c2ccccc12. The summed E-state index contributed by atoms with van der Waals surface area (Å²) < 4.78 is 0. The van der Waals surface area contributed by atoms with Crippen molar-refractivity contribution in [3.63, 3.8) is 0 Å². The lowest BCUT2D eigenvalue weighted by Crippen LogP contribution is -2.57. The number of nitrogens with one attached hydrogen (secondary N) is 4. The lowest BCUT2D eigenvalue weighted by Gasteiger charge is -2.32. The van der Waals surface area contributed by atoms with Crippen LogP contribution >= 0.6 is 11.8 Å². The van der Waals surface area contributed by atoms with Crippen LogP contribution in [0.3, 0.4) is 0 Å². The molecule has 14 heteroatoms. The minimum atomic E-state index is -1.61. The van der Waals surface area contributed by atoms with Crippen molar-refractivity contribution in [1.82, 2.24) is 30.8 Å². The maximum atomic E-state index is 14.6. The van der Waals surface area contributed by atoms with E-state index < -0.39 is 24.4 Å². The number of carbonyl (C=O) groups excluding carboxylic acids is 3. The van der Waals surface area contributed by atoms with E-state index in [4.69, 9.17) is 16.5 Å². The fraction of sp³-hybridized carbons (Fsp3) is 0.349. The number of para-hydroxylation sites is 1. The predicted molar refractivity (Wildman–Crippen MR) is 222 cm³/mol. The van der Waals surface area contributed by atoms with Gasteiger partial charge < -0.3 is 47.5 Å². The molecule has 13 nitrogen and oxygen atoms in total. The molecule has 6 rings (SSSR count). The highest BCUT2D eigenvalue weighted by Crippen LogP contribution is 2.37. The van der Waals surface area contributed by atoms with Crippen LogP contribution in [-0.2, 0) is 33.9 Å². The summed E-state index contributed by atoms with van der Waals surface area (Å²) in [5.74, 6) is -1.06.